The van der Waals surface area contributed by atoms with E-state index in [0.717, 1.165) is 18.7 Å². The number of hydrogen-bond donors (Lipinski definition) is 2. The molecule has 6 nitrogen and oxygen atoms in total. The Bertz CT molecular complexity index is 581. The number of nitrogens with zero attached hydrogens (tertiary/aromatic N) is 2. The Balaban J connectivity index is 2.02. The number of anilines is 2. The van der Waals surface area contributed by atoms with E-state index in [-0.39, 0.29) is 0 Å². The van der Waals surface area contributed by atoms with Crippen LogP contribution in [-0.2, 0) is 13.5 Å². The van der Waals surface area contributed by atoms with Gasteiger partial charge in [-0.2, -0.15) is 5.10 Å². The second kappa shape index (κ2) is 6.18. The maximum atomic E-state index is 5.99. The predicted molar refractivity (Wildman–Crippen MR) is 79.4 cm³/mol. The first-order chi connectivity index (χ1) is 9.63. The highest BCUT2D eigenvalue weighted by atomic mass is 16.5. The molecule has 20 heavy (non-hydrogen) atoms. The Kier molecular flexibility index (Phi) is 4.34. The number of aryl methyl sites for hydroxylation is 1. The molecule has 0 atom stereocenters. The van der Waals surface area contributed by atoms with Crippen molar-refractivity contribution in [2.24, 2.45) is 7.05 Å². The Morgan fingerprint density at radius 1 is 1.25 bits per heavy atom. The van der Waals surface area contributed by atoms with Crippen molar-refractivity contribution in [3.05, 3.63) is 30.1 Å². The zero-order chi connectivity index (χ0) is 14.5. The molecule has 0 unspecified atom stereocenters. The molecule has 0 amide bonds. The summed E-state index contributed by atoms with van der Waals surface area (Å²) in [4.78, 5) is 0. The van der Waals surface area contributed by atoms with Gasteiger partial charge >= 0.3 is 0 Å². The van der Waals surface area contributed by atoms with Crippen molar-refractivity contribution in [3.8, 4) is 11.5 Å². The van der Waals surface area contributed by atoms with E-state index in [1.54, 1.807) is 25.0 Å². The summed E-state index contributed by atoms with van der Waals surface area (Å²) in [6.45, 7) is 0.769. The van der Waals surface area contributed by atoms with Crippen LogP contribution in [0.5, 0.6) is 11.5 Å². The molecule has 0 fully saturated rings. The van der Waals surface area contributed by atoms with Crippen molar-refractivity contribution in [1.29, 1.82) is 0 Å². The van der Waals surface area contributed by atoms with Gasteiger partial charge in [0.2, 0.25) is 0 Å². The van der Waals surface area contributed by atoms with Gasteiger partial charge in [-0.1, -0.05) is 0 Å². The molecule has 0 radical (unpaired) electrons. The van der Waals surface area contributed by atoms with E-state index in [1.165, 1.54) is 5.56 Å². The summed E-state index contributed by atoms with van der Waals surface area (Å²) in [7, 11) is 5.10. The molecule has 0 aliphatic heterocycles. The van der Waals surface area contributed by atoms with Gasteiger partial charge in [0.15, 0.2) is 11.5 Å². The van der Waals surface area contributed by atoms with Crippen LogP contribution in [0.15, 0.2) is 24.5 Å². The van der Waals surface area contributed by atoms with Crippen molar-refractivity contribution in [2.75, 3.05) is 31.8 Å². The monoisotopic (exact) mass is 276 g/mol. The topological polar surface area (TPSA) is 74.3 Å². The molecule has 108 valence electrons. The van der Waals surface area contributed by atoms with Crippen LogP contribution in [0.3, 0.4) is 0 Å². The van der Waals surface area contributed by atoms with Gasteiger partial charge in [-0.3, -0.25) is 4.68 Å². The Morgan fingerprint density at radius 3 is 2.55 bits per heavy atom. The number of nitrogens with one attached hydrogen (secondary N) is 1. The number of methoxy groups -OCH3 is 2. The summed E-state index contributed by atoms with van der Waals surface area (Å²) >= 11 is 0. The van der Waals surface area contributed by atoms with Gasteiger partial charge in [-0.05, 0) is 12.0 Å². The molecule has 0 saturated carbocycles. The smallest absolute Gasteiger partial charge is 0.162 e. The largest absolute Gasteiger partial charge is 0.493 e. The third-order valence-corrected chi connectivity index (χ3v) is 3.04. The number of nitrogens with two attached hydrogens (primary N) is 1. The third kappa shape index (κ3) is 3.14. The normalized spacial score (nSPS) is 10.3. The standard InChI is InChI=1S/C14H20N4O2/c1-18-9-10(8-17-18)4-5-16-12-7-14(20-3)13(19-2)6-11(12)15/h6-9,16H,4-5,15H2,1-3H3. The van der Waals surface area contributed by atoms with E-state index in [1.807, 2.05) is 25.5 Å². The minimum atomic E-state index is 0.628. The molecule has 0 bridgehead atoms. The van der Waals surface area contributed by atoms with Crippen LogP contribution in [0, 0.1) is 0 Å². The molecular weight excluding hydrogens is 256 g/mol. The molecule has 0 saturated heterocycles. The lowest BCUT2D eigenvalue weighted by molar-refractivity contribution is 0.355. The second-order valence-corrected chi connectivity index (χ2v) is 4.49. The minimum absolute atomic E-state index is 0.628. The zero-order valence-electron chi connectivity index (χ0n) is 12.0. The van der Waals surface area contributed by atoms with Crippen LogP contribution in [0.1, 0.15) is 5.56 Å². The number of ether oxygens (including phenoxy) is 2. The fourth-order valence-corrected chi connectivity index (χ4v) is 1.99. The van der Waals surface area contributed by atoms with E-state index in [2.05, 4.69) is 10.4 Å². The van der Waals surface area contributed by atoms with Gasteiger partial charge in [-0.25, -0.2) is 0 Å². The number of aromatic nitrogens is 2. The van der Waals surface area contributed by atoms with Crippen LogP contribution in [0.2, 0.25) is 0 Å². The van der Waals surface area contributed by atoms with Crippen molar-refractivity contribution in [2.45, 2.75) is 6.42 Å². The van der Waals surface area contributed by atoms with Gasteiger partial charge in [0.25, 0.3) is 0 Å². The fraction of sp³-hybridized carbons (Fsp3) is 0.357. The zero-order valence-corrected chi connectivity index (χ0v) is 12.0. The van der Waals surface area contributed by atoms with Crippen LogP contribution in [-0.4, -0.2) is 30.5 Å². The maximum Gasteiger partial charge on any atom is 0.162 e. The Morgan fingerprint density at radius 2 is 1.95 bits per heavy atom. The van der Waals surface area contributed by atoms with Crippen molar-refractivity contribution < 1.29 is 9.47 Å². The summed E-state index contributed by atoms with van der Waals surface area (Å²) in [6.07, 6.45) is 4.74. The molecule has 1 aromatic carbocycles. The number of hydrogen-bond acceptors (Lipinski definition) is 5. The fourth-order valence-electron chi connectivity index (χ4n) is 1.99. The van der Waals surface area contributed by atoms with Gasteiger partial charge in [0.05, 0.1) is 31.8 Å². The number of rotatable bonds is 6. The highest BCUT2D eigenvalue weighted by Gasteiger charge is 2.08. The lowest BCUT2D eigenvalue weighted by Crippen LogP contribution is -2.07. The highest BCUT2D eigenvalue weighted by molar-refractivity contribution is 5.72. The molecule has 1 heterocycles. The Hall–Kier alpha value is -2.37. The van der Waals surface area contributed by atoms with Gasteiger partial charge < -0.3 is 20.5 Å². The van der Waals surface area contributed by atoms with E-state index in [0.29, 0.717) is 17.2 Å². The molecule has 2 rings (SSSR count). The molecule has 0 spiro atoms. The molecule has 6 heteroatoms. The van der Waals surface area contributed by atoms with Crippen molar-refractivity contribution in [3.63, 3.8) is 0 Å². The molecule has 0 aliphatic rings. The average Bonchev–Trinajstić information content (AvgIpc) is 2.85. The molecule has 1 aromatic heterocycles. The first-order valence-electron chi connectivity index (χ1n) is 6.37. The second-order valence-electron chi connectivity index (χ2n) is 4.49. The summed E-state index contributed by atoms with van der Waals surface area (Å²) < 4.78 is 12.3. The summed E-state index contributed by atoms with van der Waals surface area (Å²) in [6, 6.07) is 3.60. The summed E-state index contributed by atoms with van der Waals surface area (Å²) in [5, 5.41) is 7.44. The van der Waals surface area contributed by atoms with Crippen LogP contribution in [0.4, 0.5) is 11.4 Å². The van der Waals surface area contributed by atoms with Crippen LogP contribution >= 0.6 is 0 Å². The molecule has 2 aromatic rings. The van der Waals surface area contributed by atoms with Crippen molar-refractivity contribution in [1.82, 2.24) is 9.78 Å². The number of nitrogen functional groups attached to an aromatic ring is 1. The van der Waals surface area contributed by atoms with E-state index < -0.39 is 0 Å². The molecule has 0 aliphatic carbocycles. The van der Waals surface area contributed by atoms with Gasteiger partial charge in [0, 0.05) is 31.9 Å². The molecular formula is C14H20N4O2. The first kappa shape index (κ1) is 14.0. The predicted octanol–water partition coefficient (Wildman–Crippen LogP) is 1.67. The molecule has 3 N–H and O–H groups in total. The third-order valence-electron chi connectivity index (χ3n) is 3.04. The van der Waals surface area contributed by atoms with Crippen LogP contribution < -0.4 is 20.5 Å². The maximum absolute atomic E-state index is 5.99. The summed E-state index contributed by atoms with van der Waals surface area (Å²) in [5.41, 5.74) is 8.64. The lowest BCUT2D eigenvalue weighted by Gasteiger charge is -2.13. The van der Waals surface area contributed by atoms with E-state index in [4.69, 9.17) is 15.2 Å². The lowest BCUT2D eigenvalue weighted by atomic mass is 10.2. The van der Waals surface area contributed by atoms with Gasteiger partial charge in [0.1, 0.15) is 0 Å². The first-order valence-corrected chi connectivity index (χ1v) is 6.37. The SMILES string of the molecule is COc1cc(N)c(NCCc2cnn(C)c2)cc1OC. The van der Waals surface area contributed by atoms with Gasteiger partial charge in [-0.15, -0.1) is 0 Å². The van der Waals surface area contributed by atoms with E-state index in [9.17, 15) is 0 Å². The highest BCUT2D eigenvalue weighted by Crippen LogP contribution is 2.34. The quantitative estimate of drug-likeness (QED) is 0.785. The number of benzene rings is 1. The minimum Gasteiger partial charge on any atom is -0.493 e. The van der Waals surface area contributed by atoms with Crippen molar-refractivity contribution >= 4 is 11.4 Å². The van der Waals surface area contributed by atoms with E-state index >= 15 is 0 Å². The summed E-state index contributed by atoms with van der Waals surface area (Å²) in [5.74, 6) is 1.29. The van der Waals surface area contributed by atoms with Crippen LogP contribution in [0.25, 0.3) is 0 Å². The average molecular weight is 276 g/mol. The Labute approximate surface area is 118 Å².